The number of hydrogen-bond acceptors (Lipinski definition) is 4. The molecular formula is C15H15F2N3O3. The molecule has 0 aliphatic rings. The third-order valence-electron chi connectivity index (χ3n) is 2.69. The third-order valence-corrected chi connectivity index (χ3v) is 2.69. The fourth-order valence-electron chi connectivity index (χ4n) is 1.75. The number of nitrogens with zero attached hydrogens (tertiary/aromatic N) is 2. The minimum Gasteiger partial charge on any atom is -0.435 e. The average molecular weight is 323 g/mol. The van der Waals surface area contributed by atoms with Crippen molar-refractivity contribution in [1.82, 2.24) is 9.78 Å². The summed E-state index contributed by atoms with van der Waals surface area (Å²) in [6.45, 7) is -2.57. The number of aromatic nitrogens is 2. The van der Waals surface area contributed by atoms with E-state index in [2.05, 4.69) is 15.2 Å². The van der Waals surface area contributed by atoms with E-state index < -0.39 is 6.61 Å². The van der Waals surface area contributed by atoms with E-state index in [0.717, 1.165) is 0 Å². The average Bonchev–Trinajstić information content (AvgIpc) is 2.93. The number of hydrogen-bond donors (Lipinski definition) is 1. The number of carbonyl (C=O) groups is 1. The van der Waals surface area contributed by atoms with Gasteiger partial charge in [-0.1, -0.05) is 12.1 Å². The van der Waals surface area contributed by atoms with Gasteiger partial charge in [-0.2, -0.15) is 13.9 Å². The molecule has 0 unspecified atom stereocenters. The van der Waals surface area contributed by atoms with Crippen molar-refractivity contribution in [3.8, 4) is 5.75 Å². The van der Waals surface area contributed by atoms with E-state index in [1.54, 1.807) is 31.5 Å². The maximum atomic E-state index is 12.0. The van der Waals surface area contributed by atoms with Crippen LogP contribution in [0.2, 0.25) is 0 Å². The van der Waals surface area contributed by atoms with Gasteiger partial charge in [0.2, 0.25) is 5.91 Å². The fourth-order valence-corrected chi connectivity index (χ4v) is 1.75. The molecule has 122 valence electrons. The van der Waals surface area contributed by atoms with Crippen LogP contribution in [-0.2, 0) is 16.3 Å². The van der Waals surface area contributed by atoms with Gasteiger partial charge in [0, 0.05) is 13.2 Å². The molecule has 0 spiro atoms. The summed E-state index contributed by atoms with van der Waals surface area (Å²) in [5.41, 5.74) is 1.22. The number of halogens is 2. The molecule has 0 bridgehead atoms. The summed E-state index contributed by atoms with van der Waals surface area (Å²) in [6.07, 6.45) is 6.02. The number of nitrogens with one attached hydrogen (secondary N) is 1. The first-order chi connectivity index (χ1) is 11.1. The van der Waals surface area contributed by atoms with Crippen molar-refractivity contribution in [3.05, 3.63) is 48.3 Å². The van der Waals surface area contributed by atoms with Crippen LogP contribution in [0.25, 0.3) is 6.08 Å². The van der Waals surface area contributed by atoms with Crippen molar-refractivity contribution in [1.29, 1.82) is 0 Å². The Morgan fingerprint density at radius 1 is 1.39 bits per heavy atom. The summed E-state index contributed by atoms with van der Waals surface area (Å²) >= 11 is 0. The molecule has 0 fully saturated rings. The van der Waals surface area contributed by atoms with Gasteiger partial charge in [-0.3, -0.25) is 4.79 Å². The zero-order valence-electron chi connectivity index (χ0n) is 12.3. The number of methoxy groups -OCH3 is 1. The molecule has 8 heteroatoms. The van der Waals surface area contributed by atoms with Gasteiger partial charge in [0.1, 0.15) is 12.5 Å². The molecule has 0 saturated heterocycles. The number of anilines is 1. The van der Waals surface area contributed by atoms with Crippen LogP contribution in [-0.4, -0.2) is 29.4 Å². The number of amides is 1. The number of benzene rings is 1. The third kappa shape index (κ3) is 5.51. The lowest BCUT2D eigenvalue weighted by Crippen LogP contribution is -2.07. The summed E-state index contributed by atoms with van der Waals surface area (Å²) in [5.74, 6) is -0.276. The predicted molar refractivity (Wildman–Crippen MR) is 80.0 cm³/mol. The molecule has 1 amide bonds. The van der Waals surface area contributed by atoms with Gasteiger partial charge in [0.25, 0.3) is 0 Å². The maximum absolute atomic E-state index is 12.0. The zero-order chi connectivity index (χ0) is 16.7. The van der Waals surface area contributed by atoms with Crippen LogP contribution in [0.5, 0.6) is 5.75 Å². The van der Waals surface area contributed by atoms with Crippen LogP contribution < -0.4 is 10.1 Å². The van der Waals surface area contributed by atoms with E-state index in [9.17, 15) is 13.6 Å². The molecule has 1 N–H and O–H groups in total. The van der Waals surface area contributed by atoms with Gasteiger partial charge >= 0.3 is 6.61 Å². The Labute approximate surface area is 131 Å². The first kappa shape index (κ1) is 16.6. The first-order valence-corrected chi connectivity index (χ1v) is 6.62. The molecule has 0 aliphatic heterocycles. The van der Waals surface area contributed by atoms with Crippen LogP contribution in [0.3, 0.4) is 0 Å². The lowest BCUT2D eigenvalue weighted by molar-refractivity contribution is -0.111. The second-order valence-electron chi connectivity index (χ2n) is 4.46. The van der Waals surface area contributed by atoms with Gasteiger partial charge in [-0.15, -0.1) is 0 Å². The Morgan fingerprint density at radius 3 is 2.78 bits per heavy atom. The lowest BCUT2D eigenvalue weighted by Gasteiger charge is -2.03. The SMILES string of the molecule is COCn1cc(NC(=O)/C=C\c2ccc(OC(F)F)cc2)cn1. The molecule has 0 atom stereocenters. The Kier molecular flexibility index (Phi) is 5.81. The van der Waals surface area contributed by atoms with Crippen molar-refractivity contribution < 1.29 is 23.0 Å². The maximum Gasteiger partial charge on any atom is 0.387 e. The quantitative estimate of drug-likeness (QED) is 0.796. The van der Waals surface area contributed by atoms with Gasteiger partial charge in [0.15, 0.2) is 0 Å². The first-order valence-electron chi connectivity index (χ1n) is 6.62. The Bertz CT molecular complexity index is 669. The van der Waals surface area contributed by atoms with E-state index in [0.29, 0.717) is 18.0 Å². The second-order valence-corrected chi connectivity index (χ2v) is 4.46. The van der Waals surface area contributed by atoms with Crippen molar-refractivity contribution in [3.63, 3.8) is 0 Å². The van der Waals surface area contributed by atoms with E-state index in [1.165, 1.54) is 29.1 Å². The Balaban J connectivity index is 1.89. The van der Waals surface area contributed by atoms with Gasteiger partial charge in [-0.05, 0) is 23.8 Å². The van der Waals surface area contributed by atoms with Gasteiger partial charge < -0.3 is 14.8 Å². The summed E-state index contributed by atoms with van der Waals surface area (Å²) < 4.78 is 34.7. The summed E-state index contributed by atoms with van der Waals surface area (Å²) in [7, 11) is 1.54. The minimum absolute atomic E-state index is 0.0622. The van der Waals surface area contributed by atoms with Crippen molar-refractivity contribution >= 4 is 17.7 Å². The molecule has 6 nitrogen and oxygen atoms in total. The highest BCUT2D eigenvalue weighted by Crippen LogP contribution is 2.15. The Morgan fingerprint density at radius 2 is 2.13 bits per heavy atom. The van der Waals surface area contributed by atoms with Crippen LogP contribution in [0.15, 0.2) is 42.7 Å². The molecular weight excluding hydrogens is 308 g/mol. The topological polar surface area (TPSA) is 65.4 Å². The highest BCUT2D eigenvalue weighted by molar-refractivity contribution is 6.01. The van der Waals surface area contributed by atoms with Gasteiger partial charge in [-0.25, -0.2) is 4.68 Å². The van der Waals surface area contributed by atoms with E-state index in [-0.39, 0.29) is 11.7 Å². The largest absolute Gasteiger partial charge is 0.435 e. The molecule has 23 heavy (non-hydrogen) atoms. The highest BCUT2D eigenvalue weighted by atomic mass is 19.3. The smallest absolute Gasteiger partial charge is 0.387 e. The lowest BCUT2D eigenvalue weighted by atomic mass is 10.2. The highest BCUT2D eigenvalue weighted by Gasteiger charge is 2.04. The van der Waals surface area contributed by atoms with Crippen molar-refractivity contribution in [2.24, 2.45) is 0 Å². The molecule has 2 aromatic rings. The van der Waals surface area contributed by atoms with Crippen molar-refractivity contribution in [2.75, 3.05) is 12.4 Å². The number of rotatable bonds is 7. The van der Waals surface area contributed by atoms with Crippen LogP contribution >= 0.6 is 0 Å². The zero-order valence-corrected chi connectivity index (χ0v) is 12.3. The normalized spacial score (nSPS) is 11.1. The van der Waals surface area contributed by atoms with Crippen LogP contribution in [0, 0.1) is 0 Å². The monoisotopic (exact) mass is 323 g/mol. The minimum atomic E-state index is -2.86. The van der Waals surface area contributed by atoms with E-state index in [1.807, 2.05) is 0 Å². The number of carbonyl (C=O) groups excluding carboxylic acids is 1. The van der Waals surface area contributed by atoms with Crippen molar-refractivity contribution in [2.45, 2.75) is 13.3 Å². The van der Waals surface area contributed by atoms with Crippen LogP contribution in [0.4, 0.5) is 14.5 Å². The number of alkyl halides is 2. The summed E-state index contributed by atoms with van der Waals surface area (Å²) in [6, 6.07) is 5.94. The molecule has 2 rings (SSSR count). The molecule has 1 aromatic carbocycles. The molecule has 0 saturated carbocycles. The second kappa shape index (κ2) is 8.04. The fraction of sp³-hybridized carbons (Fsp3) is 0.200. The van der Waals surface area contributed by atoms with Gasteiger partial charge in [0.05, 0.1) is 18.1 Å². The van der Waals surface area contributed by atoms with E-state index >= 15 is 0 Å². The summed E-state index contributed by atoms with van der Waals surface area (Å²) in [4.78, 5) is 11.8. The van der Waals surface area contributed by atoms with Crippen LogP contribution in [0.1, 0.15) is 5.56 Å². The molecule has 1 aromatic heterocycles. The summed E-state index contributed by atoms with van der Waals surface area (Å²) in [5, 5.41) is 6.63. The molecule has 0 aliphatic carbocycles. The molecule has 0 radical (unpaired) electrons. The van der Waals surface area contributed by atoms with E-state index in [4.69, 9.17) is 4.74 Å². The molecule has 1 heterocycles. The number of ether oxygens (including phenoxy) is 2. The standard InChI is InChI=1S/C15H15F2N3O3/c1-22-10-20-9-12(8-18-20)19-14(21)7-4-11-2-5-13(6-3-11)23-15(16)17/h2-9,15H,10H2,1H3,(H,19,21)/b7-4-. The Hall–Kier alpha value is -2.74. The predicted octanol–water partition coefficient (Wildman–Crippen LogP) is 2.74.